The van der Waals surface area contributed by atoms with Crippen molar-refractivity contribution in [2.24, 2.45) is 0 Å². The van der Waals surface area contributed by atoms with Crippen molar-refractivity contribution in [3.63, 3.8) is 0 Å². The number of benzene rings is 3. The number of nitrogens with zero attached hydrogens (tertiary/aromatic N) is 2. The van der Waals surface area contributed by atoms with E-state index in [9.17, 15) is 14.4 Å². The van der Waals surface area contributed by atoms with Crippen LogP contribution in [0.3, 0.4) is 0 Å². The van der Waals surface area contributed by atoms with Gasteiger partial charge in [-0.3, -0.25) is 14.1 Å². The normalized spacial score (nSPS) is 11.9. The number of nitriles is 1. The first-order chi connectivity index (χ1) is 19.4. The van der Waals surface area contributed by atoms with Crippen molar-refractivity contribution in [1.29, 1.82) is 5.26 Å². The van der Waals surface area contributed by atoms with E-state index in [-0.39, 0.29) is 12.3 Å². The van der Waals surface area contributed by atoms with E-state index in [0.29, 0.717) is 18.8 Å². The summed E-state index contributed by atoms with van der Waals surface area (Å²) in [6, 6.07) is 26.9. The molecule has 10 heteroatoms. The second-order valence-electron chi connectivity index (χ2n) is 9.95. The molecular formula is C31H36N2O6P2. The summed E-state index contributed by atoms with van der Waals surface area (Å²) >= 11 is 0. The standard InChI is InChI=1S/C24H27N2O3P.C7H9O3P/c1-5-28-30(27,29-6-2)16-18-9-7-10-19(13-18)22-15-21(24(3,4)17-25)14-20-11-8-12-26-23(20)22;8-11(9,10)6-7-4-2-1-3-5-7/h7-15H,5-6,16H2,1-4H3;1-5H,6H2,(H2,8,9,10). The highest BCUT2D eigenvalue weighted by atomic mass is 31.2. The summed E-state index contributed by atoms with van der Waals surface area (Å²) < 4.78 is 34.4. The largest absolute Gasteiger partial charge is 0.335 e. The molecule has 0 bridgehead atoms. The first-order valence-corrected chi connectivity index (χ1v) is 16.8. The summed E-state index contributed by atoms with van der Waals surface area (Å²) in [5.41, 5.74) is 4.59. The summed E-state index contributed by atoms with van der Waals surface area (Å²) in [6.07, 6.45) is 1.80. The smallest absolute Gasteiger partial charge is 0.324 e. The number of fused-ring (bicyclic) bond motifs is 1. The van der Waals surface area contributed by atoms with Crippen molar-refractivity contribution in [2.75, 3.05) is 13.2 Å². The van der Waals surface area contributed by atoms with Crippen LogP contribution in [0.5, 0.6) is 0 Å². The van der Waals surface area contributed by atoms with Crippen LogP contribution in [0.2, 0.25) is 0 Å². The summed E-state index contributed by atoms with van der Waals surface area (Å²) in [7, 11) is -7.09. The van der Waals surface area contributed by atoms with Crippen molar-refractivity contribution in [3.05, 3.63) is 102 Å². The van der Waals surface area contributed by atoms with Crippen molar-refractivity contribution in [2.45, 2.75) is 45.4 Å². The van der Waals surface area contributed by atoms with Gasteiger partial charge in [0.25, 0.3) is 0 Å². The van der Waals surface area contributed by atoms with Gasteiger partial charge in [-0.1, -0.05) is 60.7 Å². The highest BCUT2D eigenvalue weighted by Gasteiger charge is 2.25. The summed E-state index contributed by atoms with van der Waals surface area (Å²) in [5.74, 6) is 0. The molecule has 0 saturated heterocycles. The molecule has 0 amide bonds. The van der Waals surface area contributed by atoms with Crippen LogP contribution in [0.1, 0.15) is 44.4 Å². The molecule has 4 rings (SSSR count). The first-order valence-electron chi connectivity index (χ1n) is 13.3. The Morgan fingerprint density at radius 1 is 0.854 bits per heavy atom. The molecule has 0 saturated carbocycles. The maximum atomic E-state index is 13.0. The van der Waals surface area contributed by atoms with Gasteiger partial charge in [0.05, 0.1) is 42.5 Å². The zero-order valence-electron chi connectivity index (χ0n) is 23.7. The molecule has 0 fully saturated rings. The number of aromatic nitrogens is 1. The molecule has 2 N–H and O–H groups in total. The first kappa shape index (κ1) is 32.4. The second kappa shape index (κ2) is 14.2. The molecule has 1 heterocycles. The Balaban J connectivity index is 0.000000352. The molecule has 1 aromatic heterocycles. The summed E-state index contributed by atoms with van der Waals surface area (Å²) in [4.78, 5) is 21.7. The predicted octanol–water partition coefficient (Wildman–Crippen LogP) is 7.83. The Bertz CT molecular complexity index is 1590. The Hall–Kier alpha value is -3.14. The number of hydrogen-bond acceptors (Lipinski definition) is 6. The molecule has 8 nitrogen and oxygen atoms in total. The second-order valence-corrected chi connectivity index (χ2v) is 13.6. The highest BCUT2D eigenvalue weighted by molar-refractivity contribution is 7.53. The van der Waals surface area contributed by atoms with Crippen LogP contribution in [0.25, 0.3) is 22.0 Å². The number of hydrogen-bond donors (Lipinski definition) is 2. The van der Waals surface area contributed by atoms with Crippen LogP contribution >= 0.6 is 15.2 Å². The van der Waals surface area contributed by atoms with E-state index in [4.69, 9.17) is 18.8 Å². The van der Waals surface area contributed by atoms with Gasteiger partial charge in [0, 0.05) is 17.1 Å². The lowest BCUT2D eigenvalue weighted by molar-refractivity contribution is 0.219. The molecule has 0 radical (unpaired) electrons. The third-order valence-corrected chi connectivity index (χ3v) is 9.04. The lowest BCUT2D eigenvalue weighted by Gasteiger charge is -2.19. The highest BCUT2D eigenvalue weighted by Crippen LogP contribution is 2.51. The van der Waals surface area contributed by atoms with E-state index in [1.165, 1.54) is 0 Å². The molecule has 4 aromatic rings. The van der Waals surface area contributed by atoms with Crippen LogP contribution in [-0.2, 0) is 35.9 Å². The average molecular weight is 595 g/mol. The fourth-order valence-electron chi connectivity index (χ4n) is 4.24. The Labute approximate surface area is 241 Å². The van der Waals surface area contributed by atoms with E-state index in [0.717, 1.165) is 33.2 Å². The van der Waals surface area contributed by atoms with E-state index >= 15 is 0 Å². The van der Waals surface area contributed by atoms with Gasteiger partial charge in [-0.05, 0) is 68.1 Å². The van der Waals surface area contributed by atoms with Gasteiger partial charge in [-0.15, -0.1) is 0 Å². The van der Waals surface area contributed by atoms with Gasteiger partial charge in [-0.25, -0.2) is 0 Å². The van der Waals surface area contributed by atoms with Crippen molar-refractivity contribution in [1.82, 2.24) is 4.98 Å². The fourth-order valence-corrected chi connectivity index (χ4v) is 6.62. The average Bonchev–Trinajstić information content (AvgIpc) is 2.92. The van der Waals surface area contributed by atoms with Gasteiger partial charge in [0.2, 0.25) is 0 Å². The maximum Gasteiger partial charge on any atom is 0.335 e. The van der Waals surface area contributed by atoms with Crippen LogP contribution in [-0.4, -0.2) is 28.0 Å². The number of rotatable bonds is 10. The minimum absolute atomic E-state index is 0.173. The summed E-state index contributed by atoms with van der Waals surface area (Å²) in [5, 5.41) is 10.6. The Kier molecular flexibility index (Phi) is 11.2. The Morgan fingerprint density at radius 3 is 2.12 bits per heavy atom. The Morgan fingerprint density at radius 2 is 1.51 bits per heavy atom. The molecule has 0 aliphatic heterocycles. The van der Waals surface area contributed by atoms with Gasteiger partial charge in [-0.2, -0.15) is 5.26 Å². The zero-order valence-corrected chi connectivity index (χ0v) is 25.5. The van der Waals surface area contributed by atoms with Crippen molar-refractivity contribution < 1.29 is 28.0 Å². The van der Waals surface area contributed by atoms with Crippen LogP contribution < -0.4 is 0 Å². The lowest BCUT2D eigenvalue weighted by atomic mass is 9.83. The zero-order chi connectivity index (χ0) is 30.1. The van der Waals surface area contributed by atoms with Crippen LogP contribution in [0, 0.1) is 11.3 Å². The molecule has 0 unspecified atom stereocenters. The fraction of sp³-hybridized carbons (Fsp3) is 0.290. The predicted molar refractivity (Wildman–Crippen MR) is 163 cm³/mol. The minimum Gasteiger partial charge on any atom is -0.324 e. The molecular weight excluding hydrogens is 558 g/mol. The third-order valence-electron chi connectivity index (χ3n) is 6.20. The maximum absolute atomic E-state index is 13.0. The SMILES string of the molecule is CCOP(=O)(Cc1cccc(-c2cc(C(C)(C)C#N)cc3cccnc23)c1)OCC.O=P(O)(O)Cc1ccccc1. The van der Waals surface area contributed by atoms with Crippen molar-refractivity contribution in [3.8, 4) is 17.2 Å². The van der Waals surface area contributed by atoms with E-state index in [2.05, 4.69) is 11.1 Å². The molecule has 0 spiro atoms. The van der Waals surface area contributed by atoms with Gasteiger partial charge < -0.3 is 18.8 Å². The monoisotopic (exact) mass is 594 g/mol. The van der Waals surface area contributed by atoms with E-state index < -0.39 is 20.6 Å². The van der Waals surface area contributed by atoms with Gasteiger partial charge in [0.1, 0.15) is 0 Å². The van der Waals surface area contributed by atoms with Gasteiger partial charge in [0.15, 0.2) is 0 Å². The topological polar surface area (TPSA) is 130 Å². The molecule has 3 aromatic carbocycles. The summed E-state index contributed by atoms with van der Waals surface area (Å²) in [6.45, 7) is 8.09. The third kappa shape index (κ3) is 9.45. The van der Waals surface area contributed by atoms with Crippen molar-refractivity contribution >= 4 is 26.1 Å². The van der Waals surface area contributed by atoms with Gasteiger partial charge >= 0.3 is 15.2 Å². The molecule has 41 heavy (non-hydrogen) atoms. The minimum atomic E-state index is -3.89. The molecule has 0 aliphatic carbocycles. The molecule has 0 atom stereocenters. The van der Waals surface area contributed by atoms with E-state index in [1.54, 1.807) is 30.5 Å². The molecule has 216 valence electrons. The lowest BCUT2D eigenvalue weighted by Crippen LogP contribution is -2.14. The quantitative estimate of drug-likeness (QED) is 0.178. The van der Waals surface area contributed by atoms with Crippen LogP contribution in [0.4, 0.5) is 0 Å². The molecule has 0 aliphatic rings. The van der Waals surface area contributed by atoms with Crippen LogP contribution in [0.15, 0.2) is 85.1 Å². The van der Waals surface area contributed by atoms with E-state index in [1.807, 2.05) is 82.3 Å². The number of pyridine rings is 1.